The molecule has 0 saturated carbocycles. The van der Waals surface area contributed by atoms with E-state index in [4.69, 9.17) is 0 Å². The summed E-state index contributed by atoms with van der Waals surface area (Å²) in [6, 6.07) is 12.3. The molecule has 4 nitrogen and oxygen atoms in total. The van der Waals surface area contributed by atoms with Crippen LogP contribution in [0, 0.1) is 6.92 Å². The molecule has 0 aliphatic heterocycles. The van der Waals surface area contributed by atoms with Crippen LogP contribution in [0.4, 0.5) is 5.82 Å². The Morgan fingerprint density at radius 2 is 1.95 bits per heavy atom. The van der Waals surface area contributed by atoms with Crippen LogP contribution in [0.1, 0.15) is 12.7 Å². The van der Waals surface area contributed by atoms with Crippen molar-refractivity contribution in [3.8, 4) is 11.3 Å². The molecule has 0 radical (unpaired) electrons. The van der Waals surface area contributed by atoms with E-state index >= 15 is 0 Å². The molecule has 0 spiro atoms. The standard InChI is InChI=1S/C15H16N4/c1-3-16-15-14-13(17-10(2)18-15)9-12(19-14)11-7-5-4-6-8-11/h4-9,19H,3H2,1-2H3,(H,16,17,18). The maximum atomic E-state index is 4.48. The van der Waals surface area contributed by atoms with Crippen molar-refractivity contribution < 1.29 is 0 Å². The fourth-order valence-electron chi connectivity index (χ4n) is 2.20. The highest BCUT2D eigenvalue weighted by Gasteiger charge is 2.09. The Bertz CT molecular complexity index is 701. The van der Waals surface area contributed by atoms with E-state index in [0.717, 1.165) is 40.5 Å². The Labute approximate surface area is 111 Å². The molecule has 0 fully saturated rings. The Hall–Kier alpha value is -2.36. The predicted molar refractivity (Wildman–Crippen MR) is 78.2 cm³/mol. The maximum Gasteiger partial charge on any atom is 0.154 e. The van der Waals surface area contributed by atoms with E-state index in [-0.39, 0.29) is 0 Å². The number of nitrogens with zero attached hydrogens (tertiary/aromatic N) is 2. The number of hydrogen-bond donors (Lipinski definition) is 2. The van der Waals surface area contributed by atoms with Crippen LogP contribution in [0.3, 0.4) is 0 Å². The Morgan fingerprint density at radius 1 is 1.16 bits per heavy atom. The summed E-state index contributed by atoms with van der Waals surface area (Å²) in [5.41, 5.74) is 4.13. The van der Waals surface area contributed by atoms with Gasteiger partial charge in [-0.05, 0) is 25.5 Å². The topological polar surface area (TPSA) is 53.6 Å². The van der Waals surface area contributed by atoms with Crippen molar-refractivity contribution in [2.75, 3.05) is 11.9 Å². The third-order valence-corrected chi connectivity index (χ3v) is 3.02. The molecule has 0 aliphatic carbocycles. The van der Waals surface area contributed by atoms with Crippen LogP contribution in [-0.2, 0) is 0 Å². The van der Waals surface area contributed by atoms with Crippen LogP contribution < -0.4 is 5.32 Å². The highest BCUT2D eigenvalue weighted by Crippen LogP contribution is 2.26. The van der Waals surface area contributed by atoms with Gasteiger partial charge in [-0.25, -0.2) is 9.97 Å². The summed E-state index contributed by atoms with van der Waals surface area (Å²) < 4.78 is 0. The minimum absolute atomic E-state index is 0.780. The van der Waals surface area contributed by atoms with Crippen molar-refractivity contribution in [1.29, 1.82) is 0 Å². The summed E-state index contributed by atoms with van der Waals surface area (Å²) in [4.78, 5) is 12.3. The Kier molecular flexibility index (Phi) is 2.91. The molecule has 2 N–H and O–H groups in total. The number of aryl methyl sites for hydroxylation is 1. The minimum atomic E-state index is 0.780. The second-order valence-corrected chi connectivity index (χ2v) is 4.46. The zero-order valence-corrected chi connectivity index (χ0v) is 11.1. The second kappa shape index (κ2) is 4.72. The second-order valence-electron chi connectivity index (χ2n) is 4.46. The predicted octanol–water partition coefficient (Wildman–Crippen LogP) is 3.37. The minimum Gasteiger partial charge on any atom is -0.368 e. The molecule has 1 aromatic carbocycles. The number of aromatic amines is 1. The largest absolute Gasteiger partial charge is 0.368 e. The Balaban J connectivity index is 2.17. The van der Waals surface area contributed by atoms with Crippen molar-refractivity contribution in [3.05, 3.63) is 42.2 Å². The molecular formula is C15H16N4. The van der Waals surface area contributed by atoms with E-state index in [1.165, 1.54) is 0 Å². The molecule has 0 amide bonds. The van der Waals surface area contributed by atoms with Crippen LogP contribution in [-0.4, -0.2) is 21.5 Å². The van der Waals surface area contributed by atoms with E-state index in [9.17, 15) is 0 Å². The third kappa shape index (κ3) is 2.17. The van der Waals surface area contributed by atoms with Gasteiger partial charge in [-0.1, -0.05) is 30.3 Å². The third-order valence-electron chi connectivity index (χ3n) is 3.02. The van der Waals surface area contributed by atoms with Gasteiger partial charge in [0.25, 0.3) is 0 Å². The fraction of sp³-hybridized carbons (Fsp3) is 0.200. The fourth-order valence-corrected chi connectivity index (χ4v) is 2.20. The number of H-pyrrole nitrogens is 1. The van der Waals surface area contributed by atoms with Crippen LogP contribution >= 0.6 is 0 Å². The number of benzene rings is 1. The molecule has 3 rings (SSSR count). The molecule has 19 heavy (non-hydrogen) atoms. The van der Waals surface area contributed by atoms with Crippen molar-refractivity contribution in [1.82, 2.24) is 15.0 Å². The van der Waals surface area contributed by atoms with Gasteiger partial charge in [0.15, 0.2) is 5.82 Å². The Morgan fingerprint density at radius 3 is 2.68 bits per heavy atom. The van der Waals surface area contributed by atoms with Gasteiger partial charge in [-0.15, -0.1) is 0 Å². The maximum absolute atomic E-state index is 4.48. The van der Waals surface area contributed by atoms with Gasteiger partial charge in [0, 0.05) is 12.2 Å². The lowest BCUT2D eigenvalue weighted by atomic mass is 10.2. The average molecular weight is 252 g/mol. The van der Waals surface area contributed by atoms with Gasteiger partial charge in [0.1, 0.15) is 11.3 Å². The van der Waals surface area contributed by atoms with E-state index in [1.54, 1.807) is 0 Å². The molecule has 3 aromatic rings. The van der Waals surface area contributed by atoms with Crippen molar-refractivity contribution in [3.63, 3.8) is 0 Å². The average Bonchev–Trinajstić information content (AvgIpc) is 2.84. The lowest BCUT2D eigenvalue weighted by Crippen LogP contribution is -2.02. The van der Waals surface area contributed by atoms with Gasteiger partial charge >= 0.3 is 0 Å². The zero-order chi connectivity index (χ0) is 13.2. The van der Waals surface area contributed by atoms with E-state index in [1.807, 2.05) is 25.1 Å². The van der Waals surface area contributed by atoms with Crippen molar-refractivity contribution in [2.24, 2.45) is 0 Å². The normalized spacial score (nSPS) is 10.8. The zero-order valence-electron chi connectivity index (χ0n) is 11.1. The van der Waals surface area contributed by atoms with E-state index in [2.05, 4.69) is 45.4 Å². The molecule has 2 aromatic heterocycles. The van der Waals surface area contributed by atoms with Crippen molar-refractivity contribution in [2.45, 2.75) is 13.8 Å². The van der Waals surface area contributed by atoms with E-state index in [0.29, 0.717) is 0 Å². The molecular weight excluding hydrogens is 236 g/mol. The number of nitrogens with one attached hydrogen (secondary N) is 2. The monoisotopic (exact) mass is 252 g/mol. The lowest BCUT2D eigenvalue weighted by Gasteiger charge is -2.04. The van der Waals surface area contributed by atoms with Gasteiger partial charge in [0.05, 0.1) is 5.52 Å². The lowest BCUT2D eigenvalue weighted by molar-refractivity contribution is 1.06. The molecule has 96 valence electrons. The number of fused-ring (bicyclic) bond motifs is 1. The summed E-state index contributed by atoms with van der Waals surface area (Å²) in [6.07, 6.45) is 0. The quantitative estimate of drug-likeness (QED) is 0.751. The molecule has 2 heterocycles. The summed E-state index contributed by atoms with van der Waals surface area (Å²) in [5, 5.41) is 3.27. The SMILES string of the molecule is CCNc1nc(C)nc2cc(-c3ccccc3)[nH]c12. The van der Waals surface area contributed by atoms with Crippen LogP contribution in [0.25, 0.3) is 22.3 Å². The highest BCUT2D eigenvalue weighted by atomic mass is 15.0. The first kappa shape index (κ1) is 11.7. The van der Waals surface area contributed by atoms with Crippen LogP contribution in [0.5, 0.6) is 0 Å². The summed E-state index contributed by atoms with van der Waals surface area (Å²) in [7, 11) is 0. The first-order chi connectivity index (χ1) is 9.28. The molecule has 0 unspecified atom stereocenters. The smallest absolute Gasteiger partial charge is 0.154 e. The van der Waals surface area contributed by atoms with Gasteiger partial charge in [-0.2, -0.15) is 0 Å². The van der Waals surface area contributed by atoms with Gasteiger partial charge in [0.2, 0.25) is 0 Å². The van der Waals surface area contributed by atoms with Crippen LogP contribution in [0.2, 0.25) is 0 Å². The number of hydrogen-bond acceptors (Lipinski definition) is 3. The summed E-state index contributed by atoms with van der Waals surface area (Å²) >= 11 is 0. The summed E-state index contributed by atoms with van der Waals surface area (Å²) in [5.74, 6) is 1.65. The number of anilines is 1. The van der Waals surface area contributed by atoms with Crippen molar-refractivity contribution >= 4 is 16.9 Å². The first-order valence-electron chi connectivity index (χ1n) is 6.44. The van der Waals surface area contributed by atoms with Crippen LogP contribution in [0.15, 0.2) is 36.4 Å². The molecule has 4 heteroatoms. The molecule has 0 bridgehead atoms. The molecule has 0 aliphatic rings. The first-order valence-corrected chi connectivity index (χ1v) is 6.44. The summed E-state index contributed by atoms with van der Waals surface area (Å²) in [6.45, 7) is 4.81. The van der Waals surface area contributed by atoms with E-state index < -0.39 is 0 Å². The number of aromatic nitrogens is 3. The molecule has 0 atom stereocenters. The number of rotatable bonds is 3. The van der Waals surface area contributed by atoms with Gasteiger partial charge < -0.3 is 10.3 Å². The highest BCUT2D eigenvalue weighted by molar-refractivity contribution is 5.90. The van der Waals surface area contributed by atoms with Gasteiger partial charge in [-0.3, -0.25) is 0 Å². The molecule has 0 saturated heterocycles.